The number of benzene rings is 2. The SMILES string of the molecule is COCCc1ccc(C(O)c2cc(C)c(F)cc2F)cc1. The maximum Gasteiger partial charge on any atom is 0.132 e. The van der Waals surface area contributed by atoms with Crippen LogP contribution in [0.25, 0.3) is 0 Å². The number of ether oxygens (including phenoxy) is 1. The van der Waals surface area contributed by atoms with Gasteiger partial charge in [-0.1, -0.05) is 24.3 Å². The molecule has 21 heavy (non-hydrogen) atoms. The molecule has 0 aliphatic rings. The largest absolute Gasteiger partial charge is 0.384 e. The van der Waals surface area contributed by atoms with E-state index in [9.17, 15) is 13.9 Å². The molecule has 0 aromatic heterocycles. The van der Waals surface area contributed by atoms with Gasteiger partial charge >= 0.3 is 0 Å². The van der Waals surface area contributed by atoms with Gasteiger partial charge in [-0.05, 0) is 36.1 Å². The Hall–Kier alpha value is -1.78. The van der Waals surface area contributed by atoms with E-state index >= 15 is 0 Å². The predicted molar refractivity (Wildman–Crippen MR) is 77.2 cm³/mol. The van der Waals surface area contributed by atoms with Crippen molar-refractivity contribution in [1.29, 1.82) is 0 Å². The van der Waals surface area contributed by atoms with Crippen LogP contribution in [0.5, 0.6) is 0 Å². The Morgan fingerprint density at radius 1 is 1.10 bits per heavy atom. The summed E-state index contributed by atoms with van der Waals surface area (Å²) >= 11 is 0. The Morgan fingerprint density at radius 2 is 1.76 bits per heavy atom. The van der Waals surface area contributed by atoms with Crippen molar-refractivity contribution in [2.75, 3.05) is 13.7 Å². The zero-order valence-electron chi connectivity index (χ0n) is 12.1. The molecule has 0 spiro atoms. The fourth-order valence-corrected chi connectivity index (χ4v) is 2.16. The van der Waals surface area contributed by atoms with Gasteiger partial charge in [0, 0.05) is 18.7 Å². The molecule has 2 aromatic carbocycles. The number of aliphatic hydroxyl groups excluding tert-OH is 1. The van der Waals surface area contributed by atoms with Gasteiger partial charge in [-0.25, -0.2) is 8.78 Å². The molecule has 0 aliphatic heterocycles. The molecule has 2 rings (SSSR count). The molecule has 0 saturated heterocycles. The highest BCUT2D eigenvalue weighted by Crippen LogP contribution is 2.26. The molecule has 0 amide bonds. The molecule has 0 fully saturated rings. The Kier molecular flexibility index (Phi) is 5.04. The Labute approximate surface area is 123 Å². The second-order valence-electron chi connectivity index (χ2n) is 5.01. The molecule has 1 atom stereocenters. The summed E-state index contributed by atoms with van der Waals surface area (Å²) in [4.78, 5) is 0. The van der Waals surface area contributed by atoms with Gasteiger partial charge in [-0.15, -0.1) is 0 Å². The van der Waals surface area contributed by atoms with E-state index in [-0.39, 0.29) is 5.56 Å². The average Bonchev–Trinajstić information content (AvgIpc) is 2.48. The van der Waals surface area contributed by atoms with E-state index in [1.807, 2.05) is 12.1 Å². The first-order valence-corrected chi connectivity index (χ1v) is 6.74. The third-order valence-electron chi connectivity index (χ3n) is 3.46. The highest BCUT2D eigenvalue weighted by Gasteiger charge is 2.17. The third kappa shape index (κ3) is 3.65. The maximum atomic E-state index is 13.8. The highest BCUT2D eigenvalue weighted by molar-refractivity contribution is 5.35. The summed E-state index contributed by atoms with van der Waals surface area (Å²) in [7, 11) is 1.64. The Bertz CT molecular complexity index is 609. The summed E-state index contributed by atoms with van der Waals surface area (Å²) in [5.74, 6) is -1.35. The van der Waals surface area contributed by atoms with Crippen LogP contribution in [0.4, 0.5) is 8.78 Å². The van der Waals surface area contributed by atoms with E-state index in [0.29, 0.717) is 17.7 Å². The van der Waals surface area contributed by atoms with Gasteiger partial charge in [0.1, 0.15) is 17.7 Å². The monoisotopic (exact) mass is 292 g/mol. The van der Waals surface area contributed by atoms with Crippen LogP contribution < -0.4 is 0 Å². The average molecular weight is 292 g/mol. The van der Waals surface area contributed by atoms with Crippen LogP contribution in [0.15, 0.2) is 36.4 Å². The van der Waals surface area contributed by atoms with E-state index in [1.54, 1.807) is 26.2 Å². The molecule has 2 nitrogen and oxygen atoms in total. The molecule has 0 saturated carbocycles. The van der Waals surface area contributed by atoms with Crippen molar-refractivity contribution in [1.82, 2.24) is 0 Å². The standard InChI is InChI=1S/C17H18F2O2/c1-11-9-14(16(19)10-15(11)18)17(20)13-5-3-12(4-6-13)7-8-21-2/h3-6,9-10,17,20H,7-8H2,1-2H3. The summed E-state index contributed by atoms with van der Waals surface area (Å²) < 4.78 is 32.1. The van der Waals surface area contributed by atoms with Gasteiger partial charge in [0.2, 0.25) is 0 Å². The zero-order chi connectivity index (χ0) is 15.4. The number of methoxy groups -OCH3 is 1. The van der Waals surface area contributed by atoms with Gasteiger partial charge in [0.25, 0.3) is 0 Å². The smallest absolute Gasteiger partial charge is 0.132 e. The minimum atomic E-state index is -1.11. The van der Waals surface area contributed by atoms with Crippen molar-refractivity contribution in [3.63, 3.8) is 0 Å². The quantitative estimate of drug-likeness (QED) is 0.913. The van der Waals surface area contributed by atoms with Crippen LogP contribution in [-0.4, -0.2) is 18.8 Å². The first-order valence-electron chi connectivity index (χ1n) is 6.74. The van der Waals surface area contributed by atoms with Gasteiger partial charge in [-0.2, -0.15) is 0 Å². The van der Waals surface area contributed by atoms with Crippen LogP contribution in [0, 0.1) is 18.6 Å². The van der Waals surface area contributed by atoms with Crippen molar-refractivity contribution >= 4 is 0 Å². The number of hydrogen-bond acceptors (Lipinski definition) is 2. The van der Waals surface area contributed by atoms with Crippen LogP contribution in [-0.2, 0) is 11.2 Å². The third-order valence-corrected chi connectivity index (χ3v) is 3.46. The van der Waals surface area contributed by atoms with Crippen molar-refractivity contribution < 1.29 is 18.6 Å². The van der Waals surface area contributed by atoms with Crippen LogP contribution in [0.1, 0.15) is 28.4 Å². The minimum Gasteiger partial charge on any atom is -0.384 e. The fourth-order valence-electron chi connectivity index (χ4n) is 2.16. The van der Waals surface area contributed by atoms with Crippen molar-refractivity contribution in [2.24, 2.45) is 0 Å². The molecule has 0 bridgehead atoms. The lowest BCUT2D eigenvalue weighted by molar-refractivity contribution is 0.202. The Morgan fingerprint density at radius 3 is 2.38 bits per heavy atom. The summed E-state index contributed by atoms with van der Waals surface area (Å²) in [6, 6.07) is 9.37. The zero-order valence-corrected chi connectivity index (χ0v) is 12.1. The molecule has 0 radical (unpaired) electrons. The van der Waals surface area contributed by atoms with E-state index in [2.05, 4.69) is 0 Å². The van der Waals surface area contributed by atoms with Gasteiger partial charge in [-0.3, -0.25) is 0 Å². The number of rotatable bonds is 5. The van der Waals surface area contributed by atoms with Crippen LogP contribution in [0.2, 0.25) is 0 Å². The van der Waals surface area contributed by atoms with Crippen LogP contribution in [0.3, 0.4) is 0 Å². The first kappa shape index (κ1) is 15.6. The van der Waals surface area contributed by atoms with Crippen molar-refractivity contribution in [3.8, 4) is 0 Å². The van der Waals surface area contributed by atoms with Gasteiger partial charge < -0.3 is 9.84 Å². The molecular formula is C17H18F2O2. The molecule has 1 unspecified atom stereocenters. The van der Waals surface area contributed by atoms with Gasteiger partial charge in [0.05, 0.1) is 6.61 Å². The second kappa shape index (κ2) is 6.78. The minimum absolute atomic E-state index is 0.0820. The lowest BCUT2D eigenvalue weighted by Crippen LogP contribution is -2.05. The highest BCUT2D eigenvalue weighted by atomic mass is 19.1. The molecule has 1 N–H and O–H groups in total. The summed E-state index contributed by atoms with van der Waals surface area (Å²) in [5, 5.41) is 10.3. The molecular weight excluding hydrogens is 274 g/mol. The van der Waals surface area contributed by atoms with E-state index in [0.717, 1.165) is 18.1 Å². The maximum absolute atomic E-state index is 13.8. The summed E-state index contributed by atoms with van der Waals surface area (Å²) in [6.07, 6.45) is -0.336. The molecule has 0 aliphatic carbocycles. The van der Waals surface area contributed by atoms with E-state index in [1.165, 1.54) is 6.07 Å². The topological polar surface area (TPSA) is 29.5 Å². The lowest BCUT2D eigenvalue weighted by atomic mass is 9.98. The molecule has 2 aromatic rings. The normalized spacial score (nSPS) is 12.4. The van der Waals surface area contributed by atoms with Gasteiger partial charge in [0.15, 0.2) is 0 Å². The molecule has 4 heteroatoms. The van der Waals surface area contributed by atoms with E-state index in [4.69, 9.17) is 4.74 Å². The number of aliphatic hydroxyl groups is 1. The lowest BCUT2D eigenvalue weighted by Gasteiger charge is -2.14. The second-order valence-corrected chi connectivity index (χ2v) is 5.01. The first-order chi connectivity index (χ1) is 10.0. The van der Waals surface area contributed by atoms with Crippen molar-refractivity contribution in [2.45, 2.75) is 19.4 Å². The molecule has 112 valence electrons. The summed E-state index contributed by atoms with van der Waals surface area (Å²) in [6.45, 7) is 2.16. The molecule has 0 heterocycles. The van der Waals surface area contributed by atoms with Crippen LogP contribution >= 0.6 is 0 Å². The predicted octanol–water partition coefficient (Wildman–Crippen LogP) is 3.54. The summed E-state index contributed by atoms with van der Waals surface area (Å²) in [5.41, 5.74) is 2.03. The fraction of sp³-hybridized carbons (Fsp3) is 0.294. The number of halogens is 2. The Balaban J connectivity index is 2.23. The van der Waals surface area contributed by atoms with E-state index < -0.39 is 17.7 Å². The number of hydrogen-bond donors (Lipinski definition) is 1. The number of aryl methyl sites for hydroxylation is 1. The van der Waals surface area contributed by atoms with Crippen molar-refractivity contribution in [3.05, 3.63) is 70.3 Å².